The van der Waals surface area contributed by atoms with Gasteiger partial charge in [0.25, 0.3) is 0 Å². The second kappa shape index (κ2) is 8.97. The van der Waals surface area contributed by atoms with E-state index in [2.05, 4.69) is 0 Å². The molecule has 2 saturated heterocycles. The molecular weight excluding hydrogens is 356 g/mol. The Morgan fingerprint density at radius 1 is 0.808 bits per heavy atom. The molecule has 2 aliphatic rings. The molecule has 11 nitrogen and oxygen atoms in total. The zero-order valence-electron chi connectivity index (χ0n) is 14.2. The van der Waals surface area contributed by atoms with E-state index in [0.29, 0.717) is 0 Å². The maximum absolute atomic E-state index is 11.2. The standard InChI is InChI=1S/C15H26O11/c1-5(18)2-6-9(19)12(22)14(8(4-17)24-6)26-15-13(23)11(21)10(20)7(3-16)25-15/h6-17,19-23H,2-4H2,1H3/t6-,7+,8+,9-,10-,11-,12+,13+,14+,15-/m0/s1. The highest BCUT2D eigenvalue weighted by molar-refractivity contribution is 5.76. The van der Waals surface area contributed by atoms with Crippen molar-refractivity contribution in [2.45, 2.75) is 74.6 Å². The van der Waals surface area contributed by atoms with E-state index in [4.69, 9.17) is 14.2 Å². The van der Waals surface area contributed by atoms with Gasteiger partial charge in [0, 0.05) is 6.42 Å². The Kier molecular flexibility index (Phi) is 7.44. The van der Waals surface area contributed by atoms with Gasteiger partial charge in [0.2, 0.25) is 0 Å². The first-order valence-electron chi connectivity index (χ1n) is 8.29. The summed E-state index contributed by atoms with van der Waals surface area (Å²) in [5, 5.41) is 68.6. The van der Waals surface area contributed by atoms with Gasteiger partial charge in [-0.1, -0.05) is 0 Å². The third-order valence-electron chi connectivity index (χ3n) is 4.59. The van der Waals surface area contributed by atoms with Gasteiger partial charge in [-0.15, -0.1) is 0 Å². The molecule has 0 bridgehead atoms. The van der Waals surface area contributed by atoms with Gasteiger partial charge in [-0.05, 0) is 6.92 Å². The van der Waals surface area contributed by atoms with Crippen molar-refractivity contribution < 1.29 is 54.8 Å². The Morgan fingerprint density at radius 3 is 1.92 bits per heavy atom. The third-order valence-corrected chi connectivity index (χ3v) is 4.59. The van der Waals surface area contributed by atoms with Crippen LogP contribution in [-0.2, 0) is 19.0 Å². The Labute approximate surface area is 149 Å². The molecule has 0 amide bonds. The van der Waals surface area contributed by atoms with E-state index in [9.17, 15) is 40.5 Å². The lowest BCUT2D eigenvalue weighted by Crippen LogP contribution is -2.64. The summed E-state index contributed by atoms with van der Waals surface area (Å²) in [5.74, 6) is -0.286. The lowest BCUT2D eigenvalue weighted by atomic mass is 9.92. The zero-order valence-corrected chi connectivity index (χ0v) is 14.2. The average Bonchev–Trinajstić information content (AvgIpc) is 2.60. The van der Waals surface area contributed by atoms with Crippen LogP contribution in [0.2, 0.25) is 0 Å². The summed E-state index contributed by atoms with van der Waals surface area (Å²) >= 11 is 0. The molecule has 26 heavy (non-hydrogen) atoms. The molecule has 0 radical (unpaired) electrons. The van der Waals surface area contributed by atoms with Crippen LogP contribution in [-0.4, -0.2) is 116 Å². The molecule has 0 spiro atoms. The lowest BCUT2D eigenvalue weighted by Gasteiger charge is -2.46. The van der Waals surface area contributed by atoms with E-state index in [-0.39, 0.29) is 12.2 Å². The van der Waals surface area contributed by atoms with Gasteiger partial charge >= 0.3 is 0 Å². The Morgan fingerprint density at radius 2 is 1.38 bits per heavy atom. The monoisotopic (exact) mass is 382 g/mol. The van der Waals surface area contributed by atoms with Crippen LogP contribution in [0.4, 0.5) is 0 Å². The predicted octanol–water partition coefficient (Wildman–Crippen LogP) is -4.37. The first-order valence-corrected chi connectivity index (χ1v) is 8.29. The summed E-state index contributed by atoms with van der Waals surface area (Å²) in [6, 6.07) is 0. The van der Waals surface area contributed by atoms with E-state index < -0.39 is 74.4 Å². The Bertz CT molecular complexity index is 471. The number of hydrogen-bond donors (Lipinski definition) is 7. The maximum atomic E-state index is 11.2. The van der Waals surface area contributed by atoms with Gasteiger partial charge in [-0.25, -0.2) is 0 Å². The molecule has 0 aromatic carbocycles. The van der Waals surface area contributed by atoms with Crippen LogP contribution < -0.4 is 0 Å². The number of ketones is 1. The minimum atomic E-state index is -1.72. The minimum Gasteiger partial charge on any atom is -0.394 e. The van der Waals surface area contributed by atoms with Crippen LogP contribution in [0.15, 0.2) is 0 Å². The van der Waals surface area contributed by atoms with Crippen molar-refractivity contribution in [2.24, 2.45) is 0 Å². The molecule has 152 valence electrons. The third kappa shape index (κ3) is 4.39. The fourth-order valence-electron chi connectivity index (χ4n) is 3.12. The fourth-order valence-corrected chi connectivity index (χ4v) is 3.12. The number of ether oxygens (including phenoxy) is 3. The summed E-state index contributed by atoms with van der Waals surface area (Å²) in [5.41, 5.74) is 0. The summed E-state index contributed by atoms with van der Waals surface area (Å²) in [6.45, 7) is -0.00546. The number of carbonyl (C=O) groups excluding carboxylic acids is 1. The summed E-state index contributed by atoms with van der Waals surface area (Å²) in [4.78, 5) is 11.2. The van der Waals surface area contributed by atoms with Gasteiger partial charge in [0.1, 0.15) is 54.6 Å². The van der Waals surface area contributed by atoms with Crippen molar-refractivity contribution in [1.29, 1.82) is 0 Å². The highest BCUT2D eigenvalue weighted by atomic mass is 16.7. The molecule has 0 aromatic heterocycles. The van der Waals surface area contributed by atoms with Crippen LogP contribution in [0.3, 0.4) is 0 Å². The van der Waals surface area contributed by atoms with Crippen LogP contribution in [0, 0.1) is 0 Å². The first kappa shape index (κ1) is 21.6. The Balaban J connectivity index is 2.12. The number of hydrogen-bond acceptors (Lipinski definition) is 11. The topological polar surface area (TPSA) is 186 Å². The zero-order chi connectivity index (χ0) is 19.6. The average molecular weight is 382 g/mol. The molecule has 0 saturated carbocycles. The molecule has 0 unspecified atom stereocenters. The van der Waals surface area contributed by atoms with E-state index >= 15 is 0 Å². The highest BCUT2D eigenvalue weighted by Crippen LogP contribution is 2.30. The van der Waals surface area contributed by atoms with E-state index in [0.717, 1.165) is 0 Å². The lowest BCUT2D eigenvalue weighted by molar-refractivity contribution is -0.341. The smallest absolute Gasteiger partial charge is 0.187 e. The summed E-state index contributed by atoms with van der Waals surface area (Å²) < 4.78 is 16.0. The largest absolute Gasteiger partial charge is 0.394 e. The quantitative estimate of drug-likeness (QED) is 0.235. The molecule has 0 aliphatic carbocycles. The second-order valence-electron chi connectivity index (χ2n) is 6.58. The number of aliphatic hydroxyl groups is 7. The van der Waals surface area contributed by atoms with E-state index in [1.165, 1.54) is 6.92 Å². The van der Waals surface area contributed by atoms with Crippen molar-refractivity contribution in [3.63, 3.8) is 0 Å². The molecule has 11 heteroatoms. The van der Waals surface area contributed by atoms with Gasteiger partial charge in [0.05, 0.1) is 19.3 Å². The van der Waals surface area contributed by atoms with Crippen LogP contribution in [0.5, 0.6) is 0 Å². The number of Topliss-reactive ketones (excluding diaryl/α,β-unsaturated/α-hetero) is 1. The number of aliphatic hydroxyl groups excluding tert-OH is 7. The van der Waals surface area contributed by atoms with Gasteiger partial charge in [-0.3, -0.25) is 4.79 Å². The Hall–Kier alpha value is -0.730. The van der Waals surface area contributed by atoms with Crippen LogP contribution in [0.1, 0.15) is 13.3 Å². The summed E-state index contributed by atoms with van der Waals surface area (Å²) in [6.07, 6.45) is -14.6. The molecule has 2 heterocycles. The van der Waals surface area contributed by atoms with Crippen LogP contribution >= 0.6 is 0 Å². The van der Waals surface area contributed by atoms with E-state index in [1.807, 2.05) is 0 Å². The second-order valence-corrected chi connectivity index (χ2v) is 6.58. The minimum absolute atomic E-state index is 0.179. The number of rotatable bonds is 6. The van der Waals surface area contributed by atoms with Crippen molar-refractivity contribution >= 4 is 5.78 Å². The molecule has 2 fully saturated rings. The highest BCUT2D eigenvalue weighted by Gasteiger charge is 2.50. The molecule has 2 aliphatic heterocycles. The molecule has 0 aromatic rings. The molecular formula is C15H26O11. The van der Waals surface area contributed by atoms with E-state index in [1.54, 1.807) is 0 Å². The summed E-state index contributed by atoms with van der Waals surface area (Å²) in [7, 11) is 0. The number of carbonyl (C=O) groups is 1. The van der Waals surface area contributed by atoms with Crippen molar-refractivity contribution in [1.82, 2.24) is 0 Å². The predicted molar refractivity (Wildman–Crippen MR) is 81.7 cm³/mol. The van der Waals surface area contributed by atoms with Gasteiger partial charge in [-0.2, -0.15) is 0 Å². The van der Waals surface area contributed by atoms with Gasteiger partial charge in [0.15, 0.2) is 6.29 Å². The first-order chi connectivity index (χ1) is 12.2. The SMILES string of the molecule is CC(=O)C[C@@H]1O[C@H](CO)[C@@H](O[C@@H]2O[C@H](CO)[C@H](O)[C@H](O)[C@H]2O)[C@H](O)[C@H]1O. The van der Waals surface area contributed by atoms with Crippen LogP contribution in [0.25, 0.3) is 0 Å². The van der Waals surface area contributed by atoms with Gasteiger partial charge < -0.3 is 50.0 Å². The fraction of sp³-hybridized carbons (Fsp3) is 0.933. The molecule has 2 rings (SSSR count). The van der Waals surface area contributed by atoms with Crippen molar-refractivity contribution in [3.8, 4) is 0 Å². The maximum Gasteiger partial charge on any atom is 0.187 e. The molecule has 10 atom stereocenters. The molecule has 7 N–H and O–H groups in total. The van der Waals surface area contributed by atoms with Crippen molar-refractivity contribution in [3.05, 3.63) is 0 Å². The van der Waals surface area contributed by atoms with Crippen molar-refractivity contribution in [2.75, 3.05) is 13.2 Å². The normalized spacial score (nSPS) is 46.9.